The van der Waals surface area contributed by atoms with Crippen LogP contribution in [0.25, 0.3) is 0 Å². The minimum absolute atomic E-state index is 0.446. The van der Waals surface area contributed by atoms with E-state index in [-0.39, 0.29) is 0 Å². The molecule has 0 unspecified atom stereocenters. The van der Waals surface area contributed by atoms with Crippen LogP contribution in [0.3, 0.4) is 0 Å². The first kappa shape index (κ1) is 23.2. The van der Waals surface area contributed by atoms with Crippen molar-refractivity contribution in [2.75, 3.05) is 26.4 Å². The zero-order chi connectivity index (χ0) is 20.2. The molecule has 2 aliphatic carbocycles. The molecular weight excluding hydrogens is 432 g/mol. The lowest BCUT2D eigenvalue weighted by Gasteiger charge is -2.22. The molecular formula is C24H37BrO4. The van der Waals surface area contributed by atoms with E-state index in [9.17, 15) is 0 Å². The third-order valence-electron chi connectivity index (χ3n) is 5.90. The second-order valence-electron chi connectivity index (χ2n) is 8.29. The van der Waals surface area contributed by atoms with Crippen LogP contribution in [-0.4, -0.2) is 38.6 Å². The Morgan fingerprint density at radius 2 is 1.24 bits per heavy atom. The van der Waals surface area contributed by atoms with Crippen LogP contribution in [0.2, 0.25) is 0 Å². The van der Waals surface area contributed by atoms with Crippen LogP contribution in [0.5, 0.6) is 0 Å². The third-order valence-corrected chi connectivity index (χ3v) is 6.68. The quantitative estimate of drug-likeness (QED) is 0.343. The van der Waals surface area contributed by atoms with Gasteiger partial charge in [-0.1, -0.05) is 66.6 Å². The number of benzene rings is 1. The maximum atomic E-state index is 5.93. The highest BCUT2D eigenvalue weighted by molar-refractivity contribution is 9.10. The largest absolute Gasteiger partial charge is 0.376 e. The van der Waals surface area contributed by atoms with Gasteiger partial charge < -0.3 is 18.9 Å². The van der Waals surface area contributed by atoms with E-state index in [1.807, 2.05) is 0 Å². The number of hydrogen-bond acceptors (Lipinski definition) is 4. The first-order chi connectivity index (χ1) is 14.3. The molecule has 0 radical (unpaired) electrons. The normalized spacial score (nSPS) is 18.9. The van der Waals surface area contributed by atoms with Gasteiger partial charge in [-0.2, -0.15) is 0 Å². The van der Waals surface area contributed by atoms with Crippen LogP contribution >= 0.6 is 15.9 Å². The summed E-state index contributed by atoms with van der Waals surface area (Å²) in [6, 6.07) is 6.34. The molecule has 29 heavy (non-hydrogen) atoms. The molecule has 1 aromatic carbocycles. The summed E-state index contributed by atoms with van der Waals surface area (Å²) in [4.78, 5) is 0. The molecule has 0 aliphatic heterocycles. The van der Waals surface area contributed by atoms with Gasteiger partial charge >= 0.3 is 0 Å². The van der Waals surface area contributed by atoms with Crippen molar-refractivity contribution < 1.29 is 18.9 Å². The predicted octanol–water partition coefficient (Wildman–Crippen LogP) is 6.18. The van der Waals surface area contributed by atoms with Gasteiger partial charge in [0, 0.05) is 4.47 Å². The van der Waals surface area contributed by atoms with E-state index in [4.69, 9.17) is 18.9 Å². The first-order valence-corrected chi connectivity index (χ1v) is 12.3. The molecule has 0 bridgehead atoms. The summed E-state index contributed by atoms with van der Waals surface area (Å²) in [5.74, 6) is 0. The highest BCUT2D eigenvalue weighted by Crippen LogP contribution is 2.22. The second kappa shape index (κ2) is 13.8. The average Bonchev–Trinajstić information content (AvgIpc) is 2.76. The van der Waals surface area contributed by atoms with Crippen molar-refractivity contribution in [2.24, 2.45) is 0 Å². The van der Waals surface area contributed by atoms with E-state index < -0.39 is 0 Å². The van der Waals surface area contributed by atoms with Gasteiger partial charge in [-0.15, -0.1) is 0 Å². The summed E-state index contributed by atoms with van der Waals surface area (Å²) in [5.41, 5.74) is 2.32. The van der Waals surface area contributed by atoms with E-state index in [0.717, 1.165) is 10.0 Å². The van der Waals surface area contributed by atoms with Gasteiger partial charge in [0.15, 0.2) is 0 Å². The number of halogens is 1. The van der Waals surface area contributed by atoms with E-state index in [1.165, 1.54) is 69.8 Å². The van der Waals surface area contributed by atoms with Crippen molar-refractivity contribution in [3.63, 3.8) is 0 Å². The SMILES string of the molecule is Brc1ccc(COCCOC2CCCCC2)cc1COCCOC1CCCCC1. The molecule has 164 valence electrons. The fourth-order valence-corrected chi connectivity index (χ4v) is 4.57. The minimum Gasteiger partial charge on any atom is -0.376 e. The van der Waals surface area contributed by atoms with Crippen LogP contribution < -0.4 is 0 Å². The lowest BCUT2D eigenvalue weighted by molar-refractivity contribution is -0.0145. The van der Waals surface area contributed by atoms with Crippen LogP contribution in [0.4, 0.5) is 0 Å². The highest BCUT2D eigenvalue weighted by Gasteiger charge is 2.14. The van der Waals surface area contributed by atoms with Crippen molar-refractivity contribution in [2.45, 2.75) is 89.6 Å². The first-order valence-electron chi connectivity index (χ1n) is 11.5. The Morgan fingerprint density at radius 1 is 0.690 bits per heavy atom. The molecule has 0 atom stereocenters. The van der Waals surface area contributed by atoms with Crippen molar-refractivity contribution in [1.82, 2.24) is 0 Å². The van der Waals surface area contributed by atoms with Crippen LogP contribution in [0, 0.1) is 0 Å². The predicted molar refractivity (Wildman–Crippen MR) is 119 cm³/mol. The van der Waals surface area contributed by atoms with E-state index in [0.29, 0.717) is 51.8 Å². The highest BCUT2D eigenvalue weighted by atomic mass is 79.9. The molecule has 0 heterocycles. The molecule has 0 aromatic heterocycles. The molecule has 5 heteroatoms. The number of rotatable bonds is 12. The Hall–Kier alpha value is -0.460. The smallest absolute Gasteiger partial charge is 0.0729 e. The zero-order valence-electron chi connectivity index (χ0n) is 17.7. The second-order valence-corrected chi connectivity index (χ2v) is 9.15. The molecule has 2 aliphatic rings. The van der Waals surface area contributed by atoms with Crippen molar-refractivity contribution in [1.29, 1.82) is 0 Å². The van der Waals surface area contributed by atoms with E-state index in [2.05, 4.69) is 34.1 Å². The molecule has 0 saturated heterocycles. The number of ether oxygens (including phenoxy) is 4. The maximum Gasteiger partial charge on any atom is 0.0729 e. The van der Waals surface area contributed by atoms with Gasteiger partial charge in [-0.25, -0.2) is 0 Å². The molecule has 0 amide bonds. The summed E-state index contributed by atoms with van der Waals surface area (Å²) in [5, 5.41) is 0. The Labute approximate surface area is 184 Å². The van der Waals surface area contributed by atoms with Gasteiger partial charge in [0.25, 0.3) is 0 Å². The van der Waals surface area contributed by atoms with Gasteiger partial charge in [0.1, 0.15) is 0 Å². The van der Waals surface area contributed by atoms with Crippen molar-refractivity contribution >= 4 is 15.9 Å². The summed E-state index contributed by atoms with van der Waals surface area (Å²) >= 11 is 3.63. The van der Waals surface area contributed by atoms with Gasteiger partial charge in [-0.3, -0.25) is 0 Å². The fraction of sp³-hybridized carbons (Fsp3) is 0.750. The minimum atomic E-state index is 0.446. The standard InChI is InChI=1S/C24H37BrO4/c25-24-12-11-20(18-26-13-15-28-22-7-3-1-4-8-22)17-21(24)19-27-14-16-29-23-9-5-2-6-10-23/h11-12,17,22-23H,1-10,13-16,18-19H2. The Bertz CT molecular complexity index is 568. The lowest BCUT2D eigenvalue weighted by atomic mass is 9.98. The topological polar surface area (TPSA) is 36.9 Å². The lowest BCUT2D eigenvalue weighted by Crippen LogP contribution is -2.19. The Kier molecular flexibility index (Phi) is 11.0. The van der Waals surface area contributed by atoms with Gasteiger partial charge in [0.2, 0.25) is 0 Å². The number of hydrogen-bond donors (Lipinski definition) is 0. The van der Waals surface area contributed by atoms with Gasteiger partial charge in [0.05, 0.1) is 51.8 Å². The fourth-order valence-electron chi connectivity index (χ4n) is 4.21. The van der Waals surface area contributed by atoms with Crippen molar-refractivity contribution in [3.05, 3.63) is 33.8 Å². The maximum absolute atomic E-state index is 5.93. The van der Waals surface area contributed by atoms with E-state index in [1.54, 1.807) is 0 Å². The van der Waals surface area contributed by atoms with Gasteiger partial charge in [-0.05, 0) is 42.9 Å². The molecule has 0 N–H and O–H groups in total. The molecule has 2 saturated carbocycles. The van der Waals surface area contributed by atoms with Crippen LogP contribution in [0.1, 0.15) is 75.3 Å². The summed E-state index contributed by atoms with van der Waals surface area (Å²) in [6.45, 7) is 3.87. The Morgan fingerprint density at radius 3 is 1.83 bits per heavy atom. The van der Waals surface area contributed by atoms with E-state index >= 15 is 0 Å². The summed E-state index contributed by atoms with van der Waals surface area (Å²) in [7, 11) is 0. The molecule has 3 rings (SSSR count). The molecule has 1 aromatic rings. The van der Waals surface area contributed by atoms with Crippen LogP contribution in [0.15, 0.2) is 22.7 Å². The average molecular weight is 469 g/mol. The molecule has 4 nitrogen and oxygen atoms in total. The van der Waals surface area contributed by atoms with Crippen molar-refractivity contribution in [3.8, 4) is 0 Å². The Balaban J connectivity index is 1.28. The molecule has 2 fully saturated rings. The third kappa shape index (κ3) is 9.06. The molecule has 0 spiro atoms. The monoisotopic (exact) mass is 468 g/mol. The summed E-state index contributed by atoms with van der Waals surface area (Å²) < 4.78 is 24.6. The zero-order valence-corrected chi connectivity index (χ0v) is 19.3. The summed E-state index contributed by atoms with van der Waals surface area (Å²) in [6.07, 6.45) is 13.7. The van der Waals surface area contributed by atoms with Crippen LogP contribution in [-0.2, 0) is 32.2 Å².